The van der Waals surface area contributed by atoms with Crippen molar-refractivity contribution in [3.63, 3.8) is 0 Å². The predicted molar refractivity (Wildman–Crippen MR) is 103 cm³/mol. The number of carbonyl (C=O) groups is 1. The van der Waals surface area contributed by atoms with Crippen LogP contribution in [0.3, 0.4) is 0 Å². The van der Waals surface area contributed by atoms with Crippen molar-refractivity contribution < 1.29 is 9.53 Å². The van der Waals surface area contributed by atoms with E-state index in [0.717, 1.165) is 24.4 Å². The van der Waals surface area contributed by atoms with Gasteiger partial charge >= 0.3 is 11.7 Å². The number of piperidine rings is 1. The number of anilines is 1. The molecule has 1 saturated heterocycles. The summed E-state index contributed by atoms with van der Waals surface area (Å²) in [5.74, 6) is 1.00. The highest BCUT2D eigenvalue weighted by Gasteiger charge is 2.28. The lowest BCUT2D eigenvalue weighted by Gasteiger charge is -2.31. The van der Waals surface area contributed by atoms with Crippen molar-refractivity contribution in [1.82, 2.24) is 19.2 Å². The van der Waals surface area contributed by atoms with Crippen LogP contribution < -0.4 is 11.0 Å². The lowest BCUT2D eigenvalue weighted by atomic mass is 9.96. The predicted octanol–water partition coefficient (Wildman–Crippen LogP) is 2.12. The third kappa shape index (κ3) is 4.39. The fourth-order valence-electron chi connectivity index (χ4n) is 3.45. The molecule has 0 saturated carbocycles. The second-order valence-corrected chi connectivity index (χ2v) is 6.66. The van der Waals surface area contributed by atoms with Gasteiger partial charge in [-0.1, -0.05) is 18.2 Å². The summed E-state index contributed by atoms with van der Waals surface area (Å²) in [5.41, 5.74) is 0.704. The van der Waals surface area contributed by atoms with E-state index < -0.39 is 0 Å². The fourth-order valence-corrected chi connectivity index (χ4v) is 3.45. The highest BCUT2D eigenvalue weighted by molar-refractivity contribution is 5.89. The number of carbonyl (C=O) groups excluding carboxylic acids is 1. The van der Waals surface area contributed by atoms with Crippen LogP contribution in [-0.4, -0.2) is 52.1 Å². The van der Waals surface area contributed by atoms with Gasteiger partial charge in [0.15, 0.2) is 0 Å². The van der Waals surface area contributed by atoms with E-state index in [4.69, 9.17) is 4.74 Å². The molecular formula is C19H27N5O3. The van der Waals surface area contributed by atoms with Crippen LogP contribution in [0.15, 0.2) is 35.1 Å². The Morgan fingerprint density at radius 3 is 2.59 bits per heavy atom. The zero-order valence-corrected chi connectivity index (χ0v) is 15.9. The van der Waals surface area contributed by atoms with Gasteiger partial charge in [0.05, 0.1) is 13.2 Å². The van der Waals surface area contributed by atoms with Crippen LogP contribution >= 0.6 is 0 Å². The topological polar surface area (TPSA) is 81.4 Å². The van der Waals surface area contributed by atoms with Crippen molar-refractivity contribution in [2.75, 3.05) is 32.1 Å². The first-order valence-corrected chi connectivity index (χ1v) is 9.41. The highest BCUT2D eigenvalue weighted by Crippen LogP contribution is 2.26. The highest BCUT2D eigenvalue weighted by atomic mass is 16.5. The summed E-state index contributed by atoms with van der Waals surface area (Å²) < 4.78 is 8.28. The van der Waals surface area contributed by atoms with Crippen molar-refractivity contribution in [2.45, 2.75) is 38.8 Å². The molecule has 27 heavy (non-hydrogen) atoms. The van der Waals surface area contributed by atoms with Gasteiger partial charge in [-0.3, -0.25) is 4.57 Å². The summed E-state index contributed by atoms with van der Waals surface area (Å²) in [6.45, 7) is 4.75. The van der Waals surface area contributed by atoms with Gasteiger partial charge in [-0.25, -0.2) is 14.3 Å². The number of rotatable bonds is 6. The molecule has 1 aliphatic heterocycles. The normalized spacial score (nSPS) is 15.1. The molecule has 1 aromatic heterocycles. The molecule has 2 heterocycles. The van der Waals surface area contributed by atoms with Crippen LogP contribution in [0.5, 0.6) is 0 Å². The minimum atomic E-state index is -0.0891. The van der Waals surface area contributed by atoms with E-state index >= 15 is 0 Å². The molecule has 146 valence electrons. The molecule has 1 aromatic carbocycles. The summed E-state index contributed by atoms with van der Waals surface area (Å²) in [6.07, 6.45) is 1.59. The van der Waals surface area contributed by atoms with Gasteiger partial charge in [0, 0.05) is 38.3 Å². The van der Waals surface area contributed by atoms with Crippen molar-refractivity contribution >= 4 is 11.7 Å². The lowest BCUT2D eigenvalue weighted by Crippen LogP contribution is -2.41. The Kier molecular flexibility index (Phi) is 6.28. The first-order valence-electron chi connectivity index (χ1n) is 9.41. The maximum absolute atomic E-state index is 12.5. The number of hydrogen-bond donors (Lipinski definition) is 1. The van der Waals surface area contributed by atoms with Gasteiger partial charge in [0.2, 0.25) is 0 Å². The quantitative estimate of drug-likeness (QED) is 0.841. The summed E-state index contributed by atoms with van der Waals surface area (Å²) in [5, 5.41) is 7.47. The van der Waals surface area contributed by atoms with E-state index in [1.165, 1.54) is 4.68 Å². The molecule has 1 aliphatic rings. The fraction of sp³-hybridized carbons (Fsp3) is 0.526. The number of urea groups is 1. The van der Waals surface area contributed by atoms with Crippen LogP contribution in [0, 0.1) is 0 Å². The zero-order chi connectivity index (χ0) is 19.2. The van der Waals surface area contributed by atoms with E-state index in [-0.39, 0.29) is 17.6 Å². The van der Waals surface area contributed by atoms with E-state index in [9.17, 15) is 9.59 Å². The molecule has 0 atom stereocenters. The molecule has 1 N–H and O–H groups in total. The number of para-hydroxylation sites is 1. The lowest BCUT2D eigenvalue weighted by molar-refractivity contribution is 0.181. The maximum Gasteiger partial charge on any atom is 0.345 e. The van der Waals surface area contributed by atoms with E-state index in [2.05, 4.69) is 10.4 Å². The second kappa shape index (κ2) is 8.85. The first-order chi connectivity index (χ1) is 13.1. The van der Waals surface area contributed by atoms with E-state index in [0.29, 0.717) is 32.8 Å². The molecule has 1 fully saturated rings. The first kappa shape index (κ1) is 19.2. The Morgan fingerprint density at radius 1 is 1.26 bits per heavy atom. The zero-order valence-electron chi connectivity index (χ0n) is 15.9. The van der Waals surface area contributed by atoms with Crippen LogP contribution in [0.4, 0.5) is 10.5 Å². The van der Waals surface area contributed by atoms with Gasteiger partial charge in [-0.2, -0.15) is 5.10 Å². The number of likely N-dealkylation sites (tertiary alicyclic amines) is 1. The van der Waals surface area contributed by atoms with Crippen LogP contribution in [0.2, 0.25) is 0 Å². The average molecular weight is 373 g/mol. The molecule has 0 aliphatic carbocycles. The number of amides is 2. The molecule has 2 aromatic rings. The van der Waals surface area contributed by atoms with Gasteiger partial charge < -0.3 is 15.0 Å². The van der Waals surface area contributed by atoms with Gasteiger partial charge in [-0.05, 0) is 31.9 Å². The molecule has 0 radical (unpaired) electrons. The summed E-state index contributed by atoms with van der Waals surface area (Å²) >= 11 is 0. The number of hydrogen-bond acceptors (Lipinski definition) is 4. The minimum absolute atomic E-state index is 0.0850. The number of methoxy groups -OCH3 is 1. The molecule has 0 unspecified atom stereocenters. The number of nitrogens with one attached hydrogen (secondary N) is 1. The van der Waals surface area contributed by atoms with Gasteiger partial charge in [0.25, 0.3) is 0 Å². The second-order valence-electron chi connectivity index (χ2n) is 6.66. The Morgan fingerprint density at radius 2 is 1.96 bits per heavy atom. The van der Waals surface area contributed by atoms with Crippen molar-refractivity contribution in [3.8, 4) is 0 Å². The smallest absolute Gasteiger partial charge is 0.345 e. The standard InChI is InChI=1S/C19H27N5O3/c1-3-23-17(21-24(19(23)26)13-14-27-2)15-9-11-22(12-10-15)18(25)20-16-7-5-4-6-8-16/h4-8,15H,3,9-14H2,1-2H3,(H,20,25). The summed E-state index contributed by atoms with van der Waals surface area (Å²) in [6, 6.07) is 9.37. The molecule has 0 bridgehead atoms. The van der Waals surface area contributed by atoms with Crippen molar-refractivity contribution in [1.29, 1.82) is 0 Å². The van der Waals surface area contributed by atoms with Crippen molar-refractivity contribution in [2.24, 2.45) is 0 Å². The van der Waals surface area contributed by atoms with Crippen LogP contribution in [-0.2, 0) is 17.8 Å². The third-order valence-corrected chi connectivity index (χ3v) is 4.95. The minimum Gasteiger partial charge on any atom is -0.383 e. The Balaban J connectivity index is 1.63. The van der Waals surface area contributed by atoms with E-state index in [1.807, 2.05) is 42.2 Å². The molecule has 2 amide bonds. The third-order valence-electron chi connectivity index (χ3n) is 4.95. The summed E-state index contributed by atoms with van der Waals surface area (Å²) in [7, 11) is 1.61. The Hall–Kier alpha value is -2.61. The van der Waals surface area contributed by atoms with Crippen LogP contribution in [0.1, 0.15) is 31.5 Å². The number of ether oxygens (including phenoxy) is 1. The average Bonchev–Trinajstić information content (AvgIpc) is 3.02. The number of benzene rings is 1. The van der Waals surface area contributed by atoms with Gasteiger partial charge in [0.1, 0.15) is 5.82 Å². The monoisotopic (exact) mass is 373 g/mol. The molecule has 8 heteroatoms. The number of nitrogens with zero attached hydrogens (tertiary/aromatic N) is 4. The maximum atomic E-state index is 12.5. The molecule has 8 nitrogen and oxygen atoms in total. The van der Waals surface area contributed by atoms with Crippen molar-refractivity contribution in [3.05, 3.63) is 46.6 Å². The van der Waals surface area contributed by atoms with Crippen LogP contribution in [0.25, 0.3) is 0 Å². The largest absolute Gasteiger partial charge is 0.383 e. The molecule has 0 spiro atoms. The Labute approximate surface area is 158 Å². The SMILES string of the molecule is CCn1c(C2CCN(C(=O)Nc3ccccc3)CC2)nn(CCOC)c1=O. The van der Waals surface area contributed by atoms with Gasteiger partial charge in [-0.15, -0.1) is 0 Å². The Bertz CT molecular complexity index is 806. The van der Waals surface area contributed by atoms with E-state index in [1.54, 1.807) is 11.7 Å². The number of aromatic nitrogens is 3. The summed E-state index contributed by atoms with van der Waals surface area (Å²) in [4.78, 5) is 26.7. The molecule has 3 rings (SSSR count). The molecular weight excluding hydrogens is 346 g/mol.